The average molecular weight is 471 g/mol. The fourth-order valence-electron chi connectivity index (χ4n) is 4.10. The highest BCUT2D eigenvalue weighted by Crippen LogP contribution is 2.17. The van der Waals surface area contributed by atoms with Crippen LogP contribution in [0, 0.1) is 0 Å². The van der Waals surface area contributed by atoms with E-state index < -0.39 is 0 Å². The Morgan fingerprint density at radius 2 is 1.49 bits per heavy atom. The van der Waals surface area contributed by atoms with Crippen molar-refractivity contribution in [3.8, 4) is 0 Å². The molecule has 3 aromatic rings. The van der Waals surface area contributed by atoms with Crippen LogP contribution in [-0.4, -0.2) is 42.3 Å². The van der Waals surface area contributed by atoms with E-state index in [1.807, 2.05) is 54.3 Å². The maximum atomic E-state index is 12.7. The number of likely N-dealkylation sites (tertiary alicyclic amines) is 1. The van der Waals surface area contributed by atoms with Crippen LogP contribution in [-0.2, 0) is 4.79 Å². The first-order valence-electron chi connectivity index (χ1n) is 11.9. The van der Waals surface area contributed by atoms with Crippen molar-refractivity contribution in [1.82, 2.24) is 10.2 Å². The van der Waals surface area contributed by atoms with Gasteiger partial charge in [0.25, 0.3) is 11.8 Å². The quantitative estimate of drug-likeness (QED) is 0.453. The Bertz CT molecular complexity index is 1190. The molecule has 1 heterocycles. The molecule has 0 bridgehead atoms. The van der Waals surface area contributed by atoms with E-state index in [2.05, 4.69) is 16.0 Å². The van der Waals surface area contributed by atoms with Gasteiger partial charge in [-0.25, -0.2) is 0 Å². The van der Waals surface area contributed by atoms with Crippen molar-refractivity contribution in [2.24, 2.45) is 0 Å². The molecule has 4 rings (SSSR count). The van der Waals surface area contributed by atoms with E-state index in [9.17, 15) is 14.4 Å². The number of hydrogen-bond acceptors (Lipinski definition) is 4. The summed E-state index contributed by atoms with van der Waals surface area (Å²) in [4.78, 5) is 39.7. The van der Waals surface area contributed by atoms with E-state index in [-0.39, 0.29) is 30.3 Å². The lowest BCUT2D eigenvalue weighted by Crippen LogP contribution is -2.27. The minimum Gasteiger partial charge on any atom is -0.376 e. The zero-order chi connectivity index (χ0) is 24.6. The van der Waals surface area contributed by atoms with Crippen LogP contribution >= 0.6 is 0 Å². The van der Waals surface area contributed by atoms with Gasteiger partial charge >= 0.3 is 0 Å². The fraction of sp³-hybridized carbons (Fsp3) is 0.250. The van der Waals surface area contributed by atoms with Crippen LogP contribution in [0.2, 0.25) is 0 Å². The second-order valence-corrected chi connectivity index (χ2v) is 8.67. The predicted molar refractivity (Wildman–Crippen MR) is 137 cm³/mol. The largest absolute Gasteiger partial charge is 0.376 e. The Balaban J connectivity index is 1.31. The number of benzene rings is 3. The first-order chi connectivity index (χ1) is 17.0. The molecule has 3 aromatic carbocycles. The summed E-state index contributed by atoms with van der Waals surface area (Å²) < 4.78 is 0. The summed E-state index contributed by atoms with van der Waals surface area (Å²) in [6.07, 6.45) is 2.08. The summed E-state index contributed by atoms with van der Waals surface area (Å²) in [6.45, 7) is 3.54. The summed E-state index contributed by atoms with van der Waals surface area (Å²) in [5, 5.41) is 8.87. The van der Waals surface area contributed by atoms with Crippen LogP contribution in [0.5, 0.6) is 0 Å². The number of nitrogens with zero attached hydrogens (tertiary/aromatic N) is 1. The molecule has 1 saturated heterocycles. The molecule has 0 aliphatic carbocycles. The SMILES string of the molecule is CC(NC(=O)c1cccc(NC(=O)CNc2cccc(C(=O)N3CCCC3)c2)c1)c1ccccc1. The minimum atomic E-state index is -0.253. The average Bonchev–Trinajstić information content (AvgIpc) is 3.43. The molecule has 1 aliphatic rings. The smallest absolute Gasteiger partial charge is 0.253 e. The van der Waals surface area contributed by atoms with E-state index in [4.69, 9.17) is 0 Å². The normalized spacial score (nSPS) is 13.7. The minimum absolute atomic E-state index is 0.0206. The molecule has 0 saturated carbocycles. The maximum absolute atomic E-state index is 12.7. The van der Waals surface area contributed by atoms with Crippen LogP contribution in [0.1, 0.15) is 52.1 Å². The Hall–Kier alpha value is -4.13. The van der Waals surface area contributed by atoms with Crippen molar-refractivity contribution in [3.05, 3.63) is 95.6 Å². The molecule has 7 nitrogen and oxygen atoms in total. The van der Waals surface area contributed by atoms with Gasteiger partial charge in [-0.05, 0) is 61.7 Å². The third-order valence-corrected chi connectivity index (χ3v) is 6.01. The number of rotatable bonds is 8. The molecule has 180 valence electrons. The monoisotopic (exact) mass is 470 g/mol. The van der Waals surface area contributed by atoms with Crippen molar-refractivity contribution < 1.29 is 14.4 Å². The van der Waals surface area contributed by atoms with Crippen molar-refractivity contribution in [2.75, 3.05) is 30.3 Å². The first-order valence-corrected chi connectivity index (χ1v) is 11.9. The fourth-order valence-corrected chi connectivity index (χ4v) is 4.10. The standard InChI is InChI=1S/C28H30N4O3/c1-20(21-9-3-2-4-10-21)30-27(34)22-11-7-14-25(17-22)31-26(33)19-29-24-13-8-12-23(18-24)28(35)32-15-5-6-16-32/h2-4,7-14,17-18,20,29H,5-6,15-16,19H2,1H3,(H,30,34)(H,31,33). The van der Waals surface area contributed by atoms with Crippen molar-refractivity contribution >= 4 is 29.1 Å². The highest BCUT2D eigenvalue weighted by Gasteiger charge is 2.19. The lowest BCUT2D eigenvalue weighted by atomic mass is 10.1. The van der Waals surface area contributed by atoms with E-state index in [1.165, 1.54) is 0 Å². The Labute approximate surface area is 205 Å². The molecule has 7 heteroatoms. The van der Waals surface area contributed by atoms with Gasteiger partial charge in [0, 0.05) is 35.6 Å². The Morgan fingerprint density at radius 1 is 0.829 bits per heavy atom. The van der Waals surface area contributed by atoms with Gasteiger partial charge < -0.3 is 20.9 Å². The lowest BCUT2D eigenvalue weighted by molar-refractivity contribution is -0.114. The van der Waals surface area contributed by atoms with Crippen LogP contribution in [0.4, 0.5) is 11.4 Å². The summed E-state index contributed by atoms with van der Waals surface area (Å²) >= 11 is 0. The number of carbonyl (C=O) groups is 3. The molecule has 1 atom stereocenters. The molecule has 3 amide bonds. The zero-order valence-corrected chi connectivity index (χ0v) is 19.8. The zero-order valence-electron chi connectivity index (χ0n) is 19.8. The number of amides is 3. The van der Waals surface area contributed by atoms with E-state index in [0.29, 0.717) is 22.5 Å². The van der Waals surface area contributed by atoms with Crippen LogP contribution in [0.3, 0.4) is 0 Å². The van der Waals surface area contributed by atoms with Gasteiger partial charge in [0.1, 0.15) is 0 Å². The highest BCUT2D eigenvalue weighted by atomic mass is 16.2. The van der Waals surface area contributed by atoms with Gasteiger partial charge in [-0.15, -0.1) is 0 Å². The van der Waals surface area contributed by atoms with E-state index >= 15 is 0 Å². The van der Waals surface area contributed by atoms with Crippen molar-refractivity contribution in [2.45, 2.75) is 25.8 Å². The number of hydrogen-bond donors (Lipinski definition) is 3. The van der Waals surface area contributed by atoms with E-state index in [0.717, 1.165) is 31.5 Å². The molecule has 1 fully saturated rings. The van der Waals surface area contributed by atoms with Crippen LogP contribution in [0.25, 0.3) is 0 Å². The third kappa shape index (κ3) is 6.47. The first kappa shape index (κ1) is 24.0. The van der Waals surface area contributed by atoms with Gasteiger partial charge in [-0.1, -0.05) is 42.5 Å². The van der Waals surface area contributed by atoms with E-state index in [1.54, 1.807) is 36.4 Å². The molecule has 0 aromatic heterocycles. The topological polar surface area (TPSA) is 90.5 Å². The summed E-state index contributed by atoms with van der Waals surface area (Å²) in [6, 6.07) is 23.6. The summed E-state index contributed by atoms with van der Waals surface area (Å²) in [5.74, 6) is -0.446. The molecule has 1 unspecified atom stereocenters. The van der Waals surface area contributed by atoms with Gasteiger partial charge in [0.05, 0.1) is 12.6 Å². The maximum Gasteiger partial charge on any atom is 0.253 e. The molecular formula is C28H30N4O3. The van der Waals surface area contributed by atoms with Gasteiger partial charge in [-0.2, -0.15) is 0 Å². The lowest BCUT2D eigenvalue weighted by Gasteiger charge is -2.16. The summed E-state index contributed by atoms with van der Waals surface area (Å²) in [7, 11) is 0. The number of nitrogens with one attached hydrogen (secondary N) is 3. The third-order valence-electron chi connectivity index (χ3n) is 6.01. The highest BCUT2D eigenvalue weighted by molar-refractivity contribution is 5.98. The van der Waals surface area contributed by atoms with Crippen LogP contribution in [0.15, 0.2) is 78.9 Å². The van der Waals surface area contributed by atoms with Gasteiger partial charge in [0.2, 0.25) is 5.91 Å². The summed E-state index contributed by atoms with van der Waals surface area (Å²) in [5.41, 5.74) is 3.33. The van der Waals surface area contributed by atoms with Crippen molar-refractivity contribution in [1.29, 1.82) is 0 Å². The molecule has 1 aliphatic heterocycles. The predicted octanol–water partition coefficient (Wildman–Crippen LogP) is 4.46. The Morgan fingerprint density at radius 3 is 2.23 bits per heavy atom. The second-order valence-electron chi connectivity index (χ2n) is 8.67. The second kappa shape index (κ2) is 11.3. The molecular weight excluding hydrogens is 440 g/mol. The van der Waals surface area contributed by atoms with Crippen molar-refractivity contribution in [3.63, 3.8) is 0 Å². The van der Waals surface area contributed by atoms with Gasteiger partial charge in [-0.3, -0.25) is 14.4 Å². The molecule has 0 radical (unpaired) electrons. The van der Waals surface area contributed by atoms with Gasteiger partial charge in [0.15, 0.2) is 0 Å². The molecule has 0 spiro atoms. The number of carbonyl (C=O) groups excluding carboxylic acids is 3. The van der Waals surface area contributed by atoms with Crippen LogP contribution < -0.4 is 16.0 Å². The molecule has 3 N–H and O–H groups in total. The Kier molecular flexibility index (Phi) is 7.77. The molecule has 35 heavy (non-hydrogen) atoms. The number of anilines is 2.